The van der Waals surface area contributed by atoms with Crippen LogP contribution in [0.3, 0.4) is 0 Å². The third-order valence-electron chi connectivity index (χ3n) is 6.43. The molecule has 0 unspecified atom stereocenters. The SMILES string of the molecule is CCCOc1ccc(-c2nn(-c3ccccc3)cc2C2C(C(=O)OCC)=C(C)NC(C)=C2C(=O)OCC)cc1. The van der Waals surface area contributed by atoms with Crippen LogP contribution >= 0.6 is 0 Å². The number of rotatable bonds is 10. The summed E-state index contributed by atoms with van der Waals surface area (Å²) in [5.74, 6) is -0.989. The standard InChI is InChI=1S/C31H35N3O5/c1-6-18-39-24-16-14-22(15-17-24)29-25(19-34(33-29)23-12-10-9-11-13-23)28-26(30(35)37-7-2)20(4)32-21(5)27(28)31(36)38-8-3/h9-17,19,28,32H,6-8,18H2,1-5H3. The number of hydrogen-bond donors (Lipinski definition) is 1. The van der Waals surface area contributed by atoms with Gasteiger partial charge in [-0.3, -0.25) is 0 Å². The van der Waals surface area contributed by atoms with Crippen molar-refractivity contribution in [1.82, 2.24) is 15.1 Å². The summed E-state index contributed by atoms with van der Waals surface area (Å²) in [4.78, 5) is 26.7. The normalized spacial score (nSPS) is 13.8. The Hall–Kier alpha value is -4.33. The van der Waals surface area contributed by atoms with E-state index >= 15 is 0 Å². The summed E-state index contributed by atoms with van der Waals surface area (Å²) in [5, 5.41) is 8.15. The van der Waals surface area contributed by atoms with Crippen LogP contribution in [0.25, 0.3) is 16.9 Å². The lowest BCUT2D eigenvalue weighted by atomic mass is 9.79. The molecule has 1 aromatic heterocycles. The van der Waals surface area contributed by atoms with Gasteiger partial charge < -0.3 is 19.5 Å². The van der Waals surface area contributed by atoms with Crippen LogP contribution in [-0.2, 0) is 19.1 Å². The molecule has 0 aliphatic carbocycles. The lowest BCUT2D eigenvalue weighted by Gasteiger charge is -2.30. The van der Waals surface area contributed by atoms with Gasteiger partial charge in [-0.2, -0.15) is 5.10 Å². The fourth-order valence-electron chi connectivity index (χ4n) is 4.73. The van der Waals surface area contributed by atoms with Gasteiger partial charge in [-0.25, -0.2) is 14.3 Å². The van der Waals surface area contributed by atoms with Crippen molar-refractivity contribution < 1.29 is 23.8 Å². The van der Waals surface area contributed by atoms with Gasteiger partial charge in [-0.15, -0.1) is 0 Å². The Kier molecular flexibility index (Phi) is 8.86. The maximum absolute atomic E-state index is 13.4. The molecule has 1 aliphatic rings. The second-order valence-electron chi connectivity index (χ2n) is 9.16. The van der Waals surface area contributed by atoms with Crippen molar-refractivity contribution in [3.63, 3.8) is 0 Å². The van der Waals surface area contributed by atoms with Crippen LogP contribution in [0, 0.1) is 0 Å². The van der Waals surface area contributed by atoms with Crippen molar-refractivity contribution in [3.8, 4) is 22.7 Å². The van der Waals surface area contributed by atoms with Crippen molar-refractivity contribution in [2.75, 3.05) is 19.8 Å². The van der Waals surface area contributed by atoms with Crippen molar-refractivity contribution >= 4 is 11.9 Å². The molecule has 0 bridgehead atoms. The Morgan fingerprint density at radius 1 is 0.872 bits per heavy atom. The van der Waals surface area contributed by atoms with E-state index in [9.17, 15) is 9.59 Å². The largest absolute Gasteiger partial charge is 0.494 e. The summed E-state index contributed by atoms with van der Waals surface area (Å²) >= 11 is 0. The molecule has 0 atom stereocenters. The van der Waals surface area contributed by atoms with Gasteiger partial charge in [0.1, 0.15) is 5.75 Å². The molecule has 8 heteroatoms. The van der Waals surface area contributed by atoms with Gasteiger partial charge in [-0.1, -0.05) is 25.1 Å². The molecule has 1 aliphatic heterocycles. The van der Waals surface area contributed by atoms with Crippen LogP contribution in [0.5, 0.6) is 5.75 Å². The maximum Gasteiger partial charge on any atom is 0.336 e. The molecule has 0 saturated carbocycles. The molecule has 2 heterocycles. The van der Waals surface area contributed by atoms with Gasteiger partial charge in [0, 0.05) is 28.7 Å². The molecular formula is C31H35N3O5. The van der Waals surface area contributed by atoms with E-state index in [1.54, 1.807) is 18.5 Å². The first-order chi connectivity index (χ1) is 18.9. The summed E-state index contributed by atoms with van der Waals surface area (Å²) < 4.78 is 18.5. The number of para-hydroxylation sites is 1. The van der Waals surface area contributed by atoms with E-state index in [4.69, 9.17) is 19.3 Å². The highest BCUT2D eigenvalue weighted by molar-refractivity contribution is 6.00. The number of dihydropyridines is 1. The van der Waals surface area contributed by atoms with Gasteiger partial charge in [0.15, 0.2) is 0 Å². The smallest absolute Gasteiger partial charge is 0.336 e. The second-order valence-corrected chi connectivity index (χ2v) is 9.16. The molecule has 1 N–H and O–H groups in total. The van der Waals surface area contributed by atoms with E-state index in [1.807, 2.05) is 74.6 Å². The Bertz CT molecular complexity index is 1350. The zero-order valence-corrected chi connectivity index (χ0v) is 23.1. The number of ether oxygens (including phenoxy) is 3. The van der Waals surface area contributed by atoms with Crippen molar-refractivity contribution in [2.24, 2.45) is 0 Å². The topological polar surface area (TPSA) is 91.7 Å². The molecule has 0 fully saturated rings. The highest BCUT2D eigenvalue weighted by atomic mass is 16.5. The highest BCUT2D eigenvalue weighted by Gasteiger charge is 2.40. The molecular weight excluding hydrogens is 494 g/mol. The number of nitrogens with zero attached hydrogens (tertiary/aromatic N) is 2. The Labute approximate surface area is 229 Å². The van der Waals surface area contributed by atoms with Crippen molar-refractivity contribution in [2.45, 2.75) is 47.0 Å². The average Bonchev–Trinajstić information content (AvgIpc) is 3.37. The molecule has 39 heavy (non-hydrogen) atoms. The molecule has 0 spiro atoms. The molecule has 0 radical (unpaired) electrons. The van der Waals surface area contributed by atoms with Crippen molar-refractivity contribution in [3.05, 3.63) is 88.9 Å². The van der Waals surface area contributed by atoms with Gasteiger partial charge in [-0.05, 0) is 70.5 Å². The number of nitrogens with one attached hydrogen (secondary N) is 1. The number of carbonyl (C=O) groups excluding carboxylic acids is 2. The summed E-state index contributed by atoms with van der Waals surface area (Å²) in [6.45, 7) is 10.2. The van der Waals surface area contributed by atoms with E-state index in [2.05, 4.69) is 12.2 Å². The van der Waals surface area contributed by atoms with Crippen LogP contribution < -0.4 is 10.1 Å². The zero-order chi connectivity index (χ0) is 27.9. The van der Waals surface area contributed by atoms with Crippen molar-refractivity contribution in [1.29, 1.82) is 0 Å². The molecule has 3 aromatic rings. The Morgan fingerprint density at radius 3 is 2.00 bits per heavy atom. The summed E-state index contributed by atoms with van der Waals surface area (Å²) in [6.07, 6.45) is 2.79. The fraction of sp³-hybridized carbons (Fsp3) is 0.323. The molecule has 0 saturated heterocycles. The van der Waals surface area contributed by atoms with E-state index in [1.165, 1.54) is 0 Å². The van der Waals surface area contributed by atoms with Gasteiger partial charge >= 0.3 is 11.9 Å². The van der Waals surface area contributed by atoms with Crippen LogP contribution in [0.1, 0.15) is 52.5 Å². The van der Waals surface area contributed by atoms with E-state index in [0.717, 1.165) is 23.4 Å². The van der Waals surface area contributed by atoms with E-state index in [0.29, 0.717) is 40.4 Å². The number of allylic oxidation sites excluding steroid dienone is 2. The van der Waals surface area contributed by atoms with Gasteiger partial charge in [0.05, 0.1) is 48.3 Å². The minimum absolute atomic E-state index is 0.203. The number of esters is 2. The predicted octanol–water partition coefficient (Wildman–Crippen LogP) is 5.69. The fourth-order valence-corrected chi connectivity index (χ4v) is 4.73. The first-order valence-electron chi connectivity index (χ1n) is 13.3. The summed E-state index contributed by atoms with van der Waals surface area (Å²) in [6, 6.07) is 17.4. The number of carbonyl (C=O) groups is 2. The second kappa shape index (κ2) is 12.5. The average molecular weight is 530 g/mol. The first-order valence-corrected chi connectivity index (χ1v) is 13.3. The maximum atomic E-state index is 13.4. The third-order valence-corrected chi connectivity index (χ3v) is 6.43. The summed E-state index contributed by atoms with van der Waals surface area (Å²) in [7, 11) is 0. The predicted molar refractivity (Wildman–Crippen MR) is 149 cm³/mol. The van der Waals surface area contributed by atoms with Gasteiger partial charge in [0.2, 0.25) is 0 Å². The third kappa shape index (κ3) is 5.90. The number of benzene rings is 2. The van der Waals surface area contributed by atoms with Crippen LogP contribution in [0.15, 0.2) is 83.3 Å². The van der Waals surface area contributed by atoms with Gasteiger partial charge in [0.25, 0.3) is 0 Å². The van der Waals surface area contributed by atoms with E-state index < -0.39 is 17.9 Å². The molecule has 2 aromatic carbocycles. The lowest BCUT2D eigenvalue weighted by molar-refractivity contribution is -0.139. The number of aromatic nitrogens is 2. The minimum Gasteiger partial charge on any atom is -0.494 e. The molecule has 4 rings (SSSR count). The van der Waals surface area contributed by atoms with Crippen LogP contribution in [0.4, 0.5) is 0 Å². The lowest BCUT2D eigenvalue weighted by Crippen LogP contribution is -2.32. The van der Waals surface area contributed by atoms with Crippen LogP contribution in [0.2, 0.25) is 0 Å². The van der Waals surface area contributed by atoms with Crippen LogP contribution in [-0.4, -0.2) is 41.5 Å². The molecule has 0 amide bonds. The first kappa shape index (κ1) is 27.7. The Balaban J connectivity index is 1.95. The molecule has 8 nitrogen and oxygen atoms in total. The quantitative estimate of drug-likeness (QED) is 0.337. The molecule has 204 valence electrons. The number of hydrogen-bond acceptors (Lipinski definition) is 7. The summed E-state index contributed by atoms with van der Waals surface area (Å²) in [5.41, 5.74) is 4.92. The Morgan fingerprint density at radius 2 is 1.46 bits per heavy atom. The zero-order valence-electron chi connectivity index (χ0n) is 23.1. The monoisotopic (exact) mass is 529 g/mol. The highest BCUT2D eigenvalue weighted by Crippen LogP contribution is 2.43. The van der Waals surface area contributed by atoms with E-state index in [-0.39, 0.29) is 13.2 Å². The minimum atomic E-state index is -0.757.